The highest BCUT2D eigenvalue weighted by Gasteiger charge is 2.51. The molecule has 252 valence electrons. The van der Waals surface area contributed by atoms with Gasteiger partial charge in [-0.15, -0.1) is 0 Å². The summed E-state index contributed by atoms with van der Waals surface area (Å²) < 4.78 is 82.3. The quantitative estimate of drug-likeness (QED) is 0.248. The number of carbonyl (C=O) groups is 5. The van der Waals surface area contributed by atoms with E-state index in [9.17, 15) is 50.3 Å². The molecule has 16 heteroatoms. The predicted octanol–water partition coefficient (Wildman–Crippen LogP) is 2.67. The van der Waals surface area contributed by atoms with E-state index in [0.717, 1.165) is 4.90 Å². The number of carbonyl (C=O) groups excluding carboxylic acids is 5. The third-order valence-corrected chi connectivity index (χ3v) is 9.45. The summed E-state index contributed by atoms with van der Waals surface area (Å²) in [5.74, 6) is -9.39. The van der Waals surface area contributed by atoms with Crippen LogP contribution in [0.1, 0.15) is 51.4 Å². The van der Waals surface area contributed by atoms with Gasteiger partial charge in [-0.25, -0.2) is 13.2 Å². The van der Waals surface area contributed by atoms with Crippen LogP contribution < -0.4 is 16.0 Å². The standard InChI is InChI=1S/C30H35F6N5O5/c31-17-12-19(32)23(20(33)13-17)38-21(5-7-30(34,35)36)28(45)41-14-16-3-1-4-18(16)24(41)27(44)39-22(11-15-6-8-37-26(15)43)25(42)29(46)40-9-2-10-40/h12-13,15-16,18,21-22,24,38H,1-11,14H2,(H,37,43)(H,39,44)/t15-,16?,18-,21?,22?,24?/m0/s1. The molecule has 10 nitrogen and oxygen atoms in total. The van der Waals surface area contributed by atoms with Crippen molar-refractivity contribution in [1.82, 2.24) is 20.4 Å². The summed E-state index contributed by atoms with van der Waals surface area (Å²) in [7, 11) is 0. The van der Waals surface area contributed by atoms with Crippen molar-refractivity contribution in [2.45, 2.75) is 75.7 Å². The first-order valence-corrected chi connectivity index (χ1v) is 15.4. The first-order chi connectivity index (χ1) is 21.7. The van der Waals surface area contributed by atoms with Crippen LogP contribution in [0.5, 0.6) is 0 Å². The topological polar surface area (TPSA) is 128 Å². The number of nitrogens with zero attached hydrogens (tertiary/aromatic N) is 2. The first kappa shape index (κ1) is 33.5. The van der Waals surface area contributed by atoms with E-state index in [0.29, 0.717) is 63.9 Å². The summed E-state index contributed by atoms with van der Waals surface area (Å²) in [6.07, 6.45) is -4.45. The van der Waals surface area contributed by atoms with Gasteiger partial charge in [-0.3, -0.25) is 24.0 Å². The zero-order valence-electron chi connectivity index (χ0n) is 24.8. The number of nitrogens with one attached hydrogen (secondary N) is 3. The van der Waals surface area contributed by atoms with Crippen molar-refractivity contribution in [2.24, 2.45) is 17.8 Å². The average Bonchev–Trinajstić information content (AvgIpc) is 3.65. The summed E-state index contributed by atoms with van der Waals surface area (Å²) >= 11 is 0. The molecule has 4 fully saturated rings. The Balaban J connectivity index is 1.41. The number of likely N-dealkylation sites (tertiary alicyclic amines) is 2. The Morgan fingerprint density at radius 2 is 1.67 bits per heavy atom. The number of fused-ring (bicyclic) bond motifs is 1. The highest BCUT2D eigenvalue weighted by molar-refractivity contribution is 6.38. The molecule has 1 saturated carbocycles. The van der Waals surface area contributed by atoms with Gasteiger partial charge < -0.3 is 25.8 Å². The number of Topliss-reactive ketones (excluding diaryl/α,β-unsaturated/α-hetero) is 1. The second kappa shape index (κ2) is 13.5. The molecule has 4 aliphatic rings. The van der Waals surface area contributed by atoms with Crippen molar-refractivity contribution in [2.75, 3.05) is 31.5 Å². The van der Waals surface area contributed by atoms with Crippen molar-refractivity contribution in [1.29, 1.82) is 0 Å². The summed E-state index contributed by atoms with van der Waals surface area (Å²) in [6.45, 7) is 1.06. The monoisotopic (exact) mass is 659 g/mol. The van der Waals surface area contributed by atoms with Gasteiger partial charge in [0.15, 0.2) is 11.6 Å². The van der Waals surface area contributed by atoms with Crippen molar-refractivity contribution in [3.05, 3.63) is 29.6 Å². The number of halogens is 6. The van der Waals surface area contributed by atoms with Crippen LogP contribution in [0.4, 0.5) is 32.0 Å². The van der Waals surface area contributed by atoms with Crippen molar-refractivity contribution in [3.8, 4) is 0 Å². The molecule has 1 aromatic carbocycles. The molecule has 1 aliphatic carbocycles. The van der Waals surface area contributed by atoms with Gasteiger partial charge in [-0.1, -0.05) is 6.42 Å². The fourth-order valence-corrected chi connectivity index (χ4v) is 6.96. The van der Waals surface area contributed by atoms with Crippen LogP contribution in [-0.2, 0) is 24.0 Å². The lowest BCUT2D eigenvalue weighted by atomic mass is 9.91. The maximum Gasteiger partial charge on any atom is 0.389 e. The number of benzene rings is 1. The van der Waals surface area contributed by atoms with Gasteiger partial charge >= 0.3 is 6.18 Å². The van der Waals surface area contributed by atoms with Gasteiger partial charge in [0.05, 0.1) is 6.04 Å². The molecule has 0 bridgehead atoms. The fourth-order valence-electron chi connectivity index (χ4n) is 6.96. The van der Waals surface area contributed by atoms with Crippen molar-refractivity contribution >= 4 is 35.1 Å². The predicted molar refractivity (Wildman–Crippen MR) is 149 cm³/mol. The summed E-state index contributed by atoms with van der Waals surface area (Å²) in [5.41, 5.74) is -0.993. The minimum absolute atomic E-state index is 0.0312. The molecule has 6 atom stereocenters. The Hall–Kier alpha value is -3.85. The van der Waals surface area contributed by atoms with Crippen molar-refractivity contribution < 1.29 is 50.3 Å². The molecule has 0 spiro atoms. The second-order valence-electron chi connectivity index (χ2n) is 12.5. The SMILES string of the molecule is O=C(C(=O)N1CCC1)C(C[C@@H]1CCNC1=O)NC(=O)C1[C@H]2CCCC2CN1C(=O)C(CCC(F)(F)F)Nc1c(F)cc(F)cc1F. The van der Waals surface area contributed by atoms with Crippen LogP contribution in [0.2, 0.25) is 0 Å². The Labute approximate surface area is 260 Å². The lowest BCUT2D eigenvalue weighted by Crippen LogP contribution is -2.58. The van der Waals surface area contributed by atoms with E-state index in [-0.39, 0.29) is 24.8 Å². The molecule has 3 aliphatic heterocycles. The van der Waals surface area contributed by atoms with E-state index in [1.54, 1.807) is 0 Å². The van der Waals surface area contributed by atoms with E-state index in [4.69, 9.17) is 0 Å². The molecular formula is C30H35F6N5O5. The van der Waals surface area contributed by atoms with Crippen LogP contribution in [0.25, 0.3) is 0 Å². The summed E-state index contributed by atoms with van der Waals surface area (Å²) in [6, 6.07) is -3.87. The maximum atomic E-state index is 14.5. The van der Waals surface area contributed by atoms with Crippen LogP contribution in [0.15, 0.2) is 12.1 Å². The van der Waals surface area contributed by atoms with E-state index in [1.165, 1.54) is 4.90 Å². The molecule has 3 heterocycles. The molecule has 4 amide bonds. The number of amides is 4. The van der Waals surface area contributed by atoms with E-state index < -0.39 is 95.6 Å². The van der Waals surface area contributed by atoms with Gasteiger partial charge in [-0.05, 0) is 50.4 Å². The van der Waals surface area contributed by atoms with E-state index in [2.05, 4.69) is 16.0 Å². The van der Waals surface area contributed by atoms with Crippen molar-refractivity contribution in [3.63, 3.8) is 0 Å². The Bertz CT molecular complexity index is 1370. The number of anilines is 1. The second-order valence-corrected chi connectivity index (χ2v) is 12.5. The smallest absolute Gasteiger partial charge is 0.369 e. The number of hydrogen-bond acceptors (Lipinski definition) is 6. The molecular weight excluding hydrogens is 624 g/mol. The third kappa shape index (κ3) is 7.25. The van der Waals surface area contributed by atoms with Gasteiger partial charge in [0.25, 0.3) is 5.91 Å². The number of ketones is 1. The average molecular weight is 660 g/mol. The molecule has 3 saturated heterocycles. The number of alkyl halides is 3. The molecule has 46 heavy (non-hydrogen) atoms. The molecule has 1 aromatic rings. The largest absolute Gasteiger partial charge is 0.389 e. The Kier molecular flexibility index (Phi) is 9.82. The molecule has 4 unspecified atom stereocenters. The molecule has 3 N–H and O–H groups in total. The molecule has 0 aromatic heterocycles. The zero-order chi connectivity index (χ0) is 33.3. The van der Waals surface area contributed by atoms with E-state index >= 15 is 0 Å². The van der Waals surface area contributed by atoms with Gasteiger partial charge in [0, 0.05) is 50.7 Å². The van der Waals surface area contributed by atoms with Crippen LogP contribution in [-0.4, -0.2) is 89.7 Å². The minimum atomic E-state index is -4.73. The minimum Gasteiger partial charge on any atom is -0.369 e. The van der Waals surface area contributed by atoms with Crippen LogP contribution in [0.3, 0.4) is 0 Å². The maximum absolute atomic E-state index is 14.5. The lowest BCUT2D eigenvalue weighted by molar-refractivity contribution is -0.149. The normalized spacial score (nSPS) is 25.4. The summed E-state index contributed by atoms with van der Waals surface area (Å²) in [4.78, 5) is 68.7. The number of hydrogen-bond donors (Lipinski definition) is 3. The van der Waals surface area contributed by atoms with Crippen LogP contribution >= 0.6 is 0 Å². The van der Waals surface area contributed by atoms with E-state index in [1.807, 2.05) is 0 Å². The van der Waals surface area contributed by atoms with Gasteiger partial charge in [0.2, 0.25) is 23.5 Å². The first-order valence-electron chi connectivity index (χ1n) is 15.4. The molecule has 5 rings (SSSR count). The molecule has 0 radical (unpaired) electrons. The third-order valence-electron chi connectivity index (χ3n) is 9.45. The van der Waals surface area contributed by atoms with Crippen LogP contribution in [0, 0.1) is 35.2 Å². The van der Waals surface area contributed by atoms with Gasteiger partial charge in [-0.2, -0.15) is 13.2 Å². The van der Waals surface area contributed by atoms with Gasteiger partial charge in [0.1, 0.15) is 23.6 Å². The number of rotatable bonds is 11. The highest BCUT2D eigenvalue weighted by atomic mass is 19.4. The Morgan fingerprint density at radius 3 is 2.26 bits per heavy atom. The Morgan fingerprint density at radius 1 is 0.978 bits per heavy atom. The summed E-state index contributed by atoms with van der Waals surface area (Å²) in [5, 5.41) is 7.41. The lowest BCUT2D eigenvalue weighted by Gasteiger charge is -2.34. The zero-order valence-corrected chi connectivity index (χ0v) is 24.8. The highest BCUT2D eigenvalue weighted by Crippen LogP contribution is 2.43. The fraction of sp³-hybridized carbons (Fsp3) is 0.633.